The molecule has 5 aromatic rings. The predicted molar refractivity (Wildman–Crippen MR) is 150 cm³/mol. The largest absolute Gasteiger partial charge is 0.458 e. The van der Waals surface area contributed by atoms with E-state index in [-0.39, 0.29) is 36.4 Å². The molecule has 2 aromatic carbocycles. The molecule has 1 aliphatic carbocycles. The Labute approximate surface area is 237 Å². The third kappa shape index (κ3) is 5.02. The van der Waals surface area contributed by atoms with Gasteiger partial charge in [0.1, 0.15) is 35.4 Å². The third-order valence-electron chi connectivity index (χ3n) is 7.04. The molecule has 206 valence electrons. The Hall–Kier alpha value is -5.04. The molecule has 12 nitrogen and oxygen atoms in total. The van der Waals surface area contributed by atoms with Crippen LogP contribution in [0.2, 0.25) is 0 Å². The van der Waals surface area contributed by atoms with Gasteiger partial charge in [0.15, 0.2) is 0 Å². The highest BCUT2D eigenvalue weighted by Gasteiger charge is 2.29. The number of carbonyl (C=O) groups excluding carboxylic acids is 3. The zero-order valence-corrected chi connectivity index (χ0v) is 22.8. The van der Waals surface area contributed by atoms with Crippen LogP contribution in [-0.4, -0.2) is 52.7 Å². The van der Waals surface area contributed by atoms with Crippen molar-refractivity contribution < 1.29 is 19.1 Å². The van der Waals surface area contributed by atoms with Gasteiger partial charge in [-0.2, -0.15) is 23.3 Å². The standard InChI is InChI=1S/C28H24N8O4S/c1-3-10-40-27(39)18-5-6-19-17(15(18)2)7-9-20(19)32-26(38)24-12-23(33-28-30-14-31-36(24)28)25(37)29-13-16-4-8-21-22(11-16)35-41-34-21/h3-6,8,11-12,14,20H,1,7,9-10,13H2,2H3,(H,29,37)(H,32,38)/t20-/m0/s1. The molecule has 41 heavy (non-hydrogen) atoms. The van der Waals surface area contributed by atoms with Crippen molar-refractivity contribution in [2.45, 2.75) is 32.4 Å². The van der Waals surface area contributed by atoms with Crippen LogP contribution in [-0.2, 0) is 17.7 Å². The summed E-state index contributed by atoms with van der Waals surface area (Å²) < 4.78 is 14.9. The molecule has 3 aromatic heterocycles. The number of nitrogens with zero attached hydrogens (tertiary/aromatic N) is 6. The lowest BCUT2D eigenvalue weighted by Gasteiger charge is -2.16. The van der Waals surface area contributed by atoms with Crippen LogP contribution in [0, 0.1) is 6.92 Å². The fourth-order valence-electron chi connectivity index (χ4n) is 5.00. The molecule has 13 heteroatoms. The minimum absolute atomic E-state index is 0.0393. The average Bonchev–Trinajstić information content (AvgIpc) is 3.74. The van der Waals surface area contributed by atoms with Gasteiger partial charge in [0.05, 0.1) is 23.3 Å². The van der Waals surface area contributed by atoms with E-state index in [2.05, 4.69) is 41.0 Å². The Morgan fingerprint density at radius 1 is 1.15 bits per heavy atom. The Bertz CT molecular complexity index is 1850. The van der Waals surface area contributed by atoms with E-state index in [1.54, 1.807) is 6.07 Å². The van der Waals surface area contributed by atoms with Crippen LogP contribution >= 0.6 is 11.7 Å². The Kier molecular flexibility index (Phi) is 6.93. The SMILES string of the molecule is C=CCOC(=O)c1ccc2c(c1C)CC[C@@H]2NC(=O)c1cc(C(=O)NCc2ccc3nsnc3c2)nc2ncnn12. The summed E-state index contributed by atoms with van der Waals surface area (Å²) >= 11 is 1.13. The molecule has 0 bridgehead atoms. The van der Waals surface area contributed by atoms with E-state index >= 15 is 0 Å². The highest BCUT2D eigenvalue weighted by atomic mass is 32.1. The predicted octanol–water partition coefficient (Wildman–Crippen LogP) is 3.13. The maximum atomic E-state index is 13.5. The van der Waals surface area contributed by atoms with Crippen LogP contribution in [0.15, 0.2) is 55.4 Å². The summed E-state index contributed by atoms with van der Waals surface area (Å²) in [5.74, 6) is -1.17. The van der Waals surface area contributed by atoms with E-state index < -0.39 is 17.8 Å². The van der Waals surface area contributed by atoms with E-state index in [0.717, 1.165) is 45.0 Å². The smallest absolute Gasteiger partial charge is 0.338 e. The number of hydrogen-bond donors (Lipinski definition) is 2. The lowest BCUT2D eigenvalue weighted by Crippen LogP contribution is -2.30. The van der Waals surface area contributed by atoms with Gasteiger partial charge in [-0.15, -0.1) is 0 Å². The van der Waals surface area contributed by atoms with E-state index in [0.29, 0.717) is 18.4 Å². The molecule has 0 saturated heterocycles. The zero-order chi connectivity index (χ0) is 28.5. The number of carbonyl (C=O) groups is 3. The van der Waals surface area contributed by atoms with Crippen LogP contribution in [0.5, 0.6) is 0 Å². The molecule has 1 aliphatic rings. The van der Waals surface area contributed by atoms with Crippen molar-refractivity contribution in [1.82, 2.24) is 39.0 Å². The van der Waals surface area contributed by atoms with Gasteiger partial charge in [0.25, 0.3) is 17.6 Å². The number of nitrogens with one attached hydrogen (secondary N) is 2. The molecule has 0 aliphatic heterocycles. The monoisotopic (exact) mass is 568 g/mol. The Morgan fingerprint density at radius 2 is 2.00 bits per heavy atom. The van der Waals surface area contributed by atoms with Crippen LogP contribution in [0.25, 0.3) is 16.8 Å². The summed E-state index contributed by atoms with van der Waals surface area (Å²) in [6.07, 6.45) is 4.15. The van der Waals surface area contributed by atoms with Gasteiger partial charge < -0.3 is 15.4 Å². The molecule has 1 atom stereocenters. The van der Waals surface area contributed by atoms with Crippen molar-refractivity contribution in [3.63, 3.8) is 0 Å². The highest BCUT2D eigenvalue weighted by molar-refractivity contribution is 7.00. The van der Waals surface area contributed by atoms with E-state index in [1.165, 1.54) is 23.0 Å². The summed E-state index contributed by atoms with van der Waals surface area (Å²) in [5.41, 5.74) is 5.85. The number of rotatable bonds is 8. The molecule has 3 heterocycles. The number of amides is 2. The van der Waals surface area contributed by atoms with Crippen LogP contribution < -0.4 is 10.6 Å². The van der Waals surface area contributed by atoms with Gasteiger partial charge in [-0.3, -0.25) is 9.59 Å². The van der Waals surface area contributed by atoms with Gasteiger partial charge in [-0.25, -0.2) is 9.78 Å². The topological polar surface area (TPSA) is 153 Å². The molecular weight excluding hydrogens is 544 g/mol. The second-order valence-electron chi connectivity index (χ2n) is 9.53. The quantitative estimate of drug-likeness (QED) is 0.212. The summed E-state index contributed by atoms with van der Waals surface area (Å²) in [6, 6.07) is 10.3. The number of fused-ring (bicyclic) bond motifs is 3. The lowest BCUT2D eigenvalue weighted by molar-refractivity contribution is 0.0548. The molecule has 0 radical (unpaired) electrons. The number of ether oxygens (including phenoxy) is 1. The molecule has 2 N–H and O–H groups in total. The van der Waals surface area contributed by atoms with Crippen molar-refractivity contribution in [2.24, 2.45) is 0 Å². The Balaban J connectivity index is 1.20. The minimum Gasteiger partial charge on any atom is -0.458 e. The first-order valence-corrected chi connectivity index (χ1v) is 13.6. The van der Waals surface area contributed by atoms with Gasteiger partial charge in [-0.1, -0.05) is 24.8 Å². The second-order valence-corrected chi connectivity index (χ2v) is 10.1. The number of hydrogen-bond acceptors (Lipinski definition) is 10. The maximum Gasteiger partial charge on any atom is 0.338 e. The van der Waals surface area contributed by atoms with Gasteiger partial charge in [0, 0.05) is 12.6 Å². The van der Waals surface area contributed by atoms with Crippen molar-refractivity contribution in [3.05, 3.63) is 94.6 Å². The first-order valence-electron chi connectivity index (χ1n) is 12.8. The van der Waals surface area contributed by atoms with Crippen molar-refractivity contribution in [3.8, 4) is 0 Å². The molecule has 0 spiro atoms. The van der Waals surface area contributed by atoms with Crippen molar-refractivity contribution in [2.75, 3.05) is 6.61 Å². The second kappa shape index (κ2) is 10.8. The van der Waals surface area contributed by atoms with Gasteiger partial charge in [0.2, 0.25) is 0 Å². The highest BCUT2D eigenvalue weighted by Crippen LogP contribution is 2.35. The van der Waals surface area contributed by atoms with Crippen LogP contribution in [0.1, 0.15) is 66.1 Å². The molecule has 0 saturated carbocycles. The maximum absolute atomic E-state index is 13.5. The minimum atomic E-state index is -0.459. The molecular formula is C28H24N8O4S. The molecule has 6 rings (SSSR count). The lowest BCUT2D eigenvalue weighted by atomic mass is 9.98. The fourth-order valence-corrected chi connectivity index (χ4v) is 5.51. The third-order valence-corrected chi connectivity index (χ3v) is 7.60. The molecule has 0 fully saturated rings. The van der Waals surface area contributed by atoms with Gasteiger partial charge in [-0.05, 0) is 60.2 Å². The normalized spacial score (nSPS) is 14.1. The molecule has 2 amide bonds. The summed E-state index contributed by atoms with van der Waals surface area (Å²) in [7, 11) is 0. The average molecular weight is 569 g/mol. The Morgan fingerprint density at radius 3 is 2.85 bits per heavy atom. The zero-order valence-electron chi connectivity index (χ0n) is 22.0. The van der Waals surface area contributed by atoms with E-state index in [1.807, 2.05) is 31.2 Å². The first-order chi connectivity index (χ1) is 19.9. The van der Waals surface area contributed by atoms with Crippen LogP contribution in [0.4, 0.5) is 0 Å². The first kappa shape index (κ1) is 26.2. The summed E-state index contributed by atoms with van der Waals surface area (Å²) in [4.78, 5) is 47.3. The van der Waals surface area contributed by atoms with E-state index in [9.17, 15) is 14.4 Å². The van der Waals surface area contributed by atoms with Crippen LogP contribution in [0.3, 0.4) is 0 Å². The van der Waals surface area contributed by atoms with Crippen molar-refractivity contribution >= 4 is 46.3 Å². The summed E-state index contributed by atoms with van der Waals surface area (Å²) in [6.45, 7) is 5.83. The number of aromatic nitrogens is 6. The number of esters is 1. The molecule has 0 unspecified atom stereocenters. The van der Waals surface area contributed by atoms with E-state index in [4.69, 9.17) is 4.74 Å². The van der Waals surface area contributed by atoms with Gasteiger partial charge >= 0.3 is 5.97 Å². The fraction of sp³-hybridized carbons (Fsp3) is 0.214. The number of benzene rings is 2. The summed E-state index contributed by atoms with van der Waals surface area (Å²) in [5, 5.41) is 10.0. The van der Waals surface area contributed by atoms with Crippen molar-refractivity contribution in [1.29, 1.82) is 0 Å².